The molecule has 2 N–H and O–H groups in total. The predicted octanol–water partition coefficient (Wildman–Crippen LogP) is 4.53. The number of nitrogens with zero attached hydrogens (tertiary/aromatic N) is 1. The summed E-state index contributed by atoms with van der Waals surface area (Å²) in [5, 5.41) is 4.23. The summed E-state index contributed by atoms with van der Waals surface area (Å²) in [5.74, 6) is -2.47. The molecule has 0 aliphatic heterocycles. The van der Waals surface area contributed by atoms with E-state index >= 15 is 0 Å². The third kappa shape index (κ3) is 4.73. The van der Waals surface area contributed by atoms with Crippen LogP contribution in [-0.4, -0.2) is 30.0 Å². The number of aromatic nitrogens is 1. The van der Waals surface area contributed by atoms with Crippen LogP contribution < -0.4 is 10.6 Å². The lowest BCUT2D eigenvalue weighted by molar-refractivity contribution is -0.0894. The predicted molar refractivity (Wildman–Crippen MR) is 101 cm³/mol. The van der Waals surface area contributed by atoms with Crippen LogP contribution in [0.5, 0.6) is 0 Å². The lowest BCUT2D eigenvalue weighted by atomic mass is 10.0. The molecule has 2 aromatic rings. The van der Waals surface area contributed by atoms with Gasteiger partial charge >= 0.3 is 6.18 Å². The number of alkyl halides is 3. The van der Waals surface area contributed by atoms with Gasteiger partial charge < -0.3 is 10.6 Å². The largest absolute Gasteiger partial charge is 0.417 e. The minimum absolute atomic E-state index is 0.0623. The van der Waals surface area contributed by atoms with Crippen molar-refractivity contribution in [3.63, 3.8) is 0 Å². The minimum atomic E-state index is -4.76. The Balaban J connectivity index is 2.65. The van der Waals surface area contributed by atoms with Gasteiger partial charge in [0.15, 0.2) is 0 Å². The third-order valence-corrected chi connectivity index (χ3v) is 4.23. The second kappa shape index (κ2) is 8.20. The molecule has 0 radical (unpaired) electrons. The van der Waals surface area contributed by atoms with Crippen molar-refractivity contribution >= 4 is 34.3 Å². The van der Waals surface area contributed by atoms with Crippen molar-refractivity contribution in [3.8, 4) is 0 Å². The number of amides is 2. The van der Waals surface area contributed by atoms with E-state index in [4.69, 9.17) is 11.6 Å². The molecule has 0 fully saturated rings. The van der Waals surface area contributed by atoms with Gasteiger partial charge in [0.25, 0.3) is 11.8 Å². The van der Waals surface area contributed by atoms with E-state index in [1.54, 1.807) is 0 Å². The highest BCUT2D eigenvalue weighted by molar-refractivity contribution is 6.31. The molecule has 5 nitrogen and oxygen atoms in total. The number of allylic oxidation sites excluding steroid dienone is 2. The lowest BCUT2D eigenvalue weighted by Crippen LogP contribution is -2.29. The Morgan fingerprint density at radius 3 is 2.28 bits per heavy atom. The van der Waals surface area contributed by atoms with Crippen LogP contribution in [0.4, 0.5) is 17.6 Å². The van der Waals surface area contributed by atoms with Crippen LogP contribution in [0.3, 0.4) is 0 Å². The van der Waals surface area contributed by atoms with Crippen molar-refractivity contribution in [1.82, 2.24) is 15.6 Å². The van der Waals surface area contributed by atoms with Gasteiger partial charge in [0.05, 0.1) is 27.4 Å². The highest BCUT2D eigenvalue weighted by Gasteiger charge is 2.35. The zero-order chi connectivity index (χ0) is 22.1. The fourth-order valence-corrected chi connectivity index (χ4v) is 2.64. The maximum absolute atomic E-state index is 13.8. The van der Waals surface area contributed by atoms with E-state index in [2.05, 4.69) is 22.2 Å². The van der Waals surface area contributed by atoms with Gasteiger partial charge in [-0.2, -0.15) is 13.2 Å². The smallest absolute Gasteiger partial charge is 0.354 e. The molecule has 154 valence electrons. The fourth-order valence-electron chi connectivity index (χ4n) is 2.48. The number of halogens is 5. The number of rotatable bonds is 4. The van der Waals surface area contributed by atoms with Crippen molar-refractivity contribution in [2.45, 2.75) is 20.0 Å². The number of benzene rings is 1. The first-order valence-corrected chi connectivity index (χ1v) is 8.51. The molecule has 1 aromatic carbocycles. The summed E-state index contributed by atoms with van der Waals surface area (Å²) in [4.78, 5) is 28.8. The number of hydrogen-bond acceptors (Lipinski definition) is 3. The average molecular weight is 430 g/mol. The SMILES string of the molecule is C=C(C(NC(=O)c1cc(C(=O)NC)nc2cc(F)c(Cl)cc12)=C(C)C)C(F)(F)F. The maximum atomic E-state index is 13.8. The fraction of sp³-hybridized carbons (Fsp3) is 0.211. The molecule has 0 aliphatic rings. The Morgan fingerprint density at radius 2 is 1.76 bits per heavy atom. The molecule has 29 heavy (non-hydrogen) atoms. The summed E-state index contributed by atoms with van der Waals surface area (Å²) in [6.45, 7) is 5.75. The van der Waals surface area contributed by atoms with Crippen molar-refractivity contribution in [2.24, 2.45) is 0 Å². The normalized spacial score (nSPS) is 11.2. The molecule has 0 aliphatic carbocycles. The monoisotopic (exact) mass is 429 g/mol. The molecule has 2 rings (SSSR count). The molecule has 0 spiro atoms. The van der Waals surface area contributed by atoms with E-state index in [0.29, 0.717) is 0 Å². The molecule has 2 amide bonds. The van der Waals surface area contributed by atoms with E-state index in [0.717, 1.165) is 18.2 Å². The lowest BCUT2D eigenvalue weighted by Gasteiger charge is -2.18. The van der Waals surface area contributed by atoms with Crippen LogP contribution in [-0.2, 0) is 0 Å². The highest BCUT2D eigenvalue weighted by atomic mass is 35.5. The standard InChI is InChI=1S/C19H16ClF4N3O2/c1-8(2)16(9(3)19(22,23)24)27-17(28)11-6-15(18(29)25-4)26-14-7-13(21)12(20)5-10(11)14/h5-7H,3H2,1-2,4H3,(H,25,29)(H,27,28). The molecule has 0 saturated carbocycles. The Kier molecular flexibility index (Phi) is 6.32. The Morgan fingerprint density at radius 1 is 1.14 bits per heavy atom. The molecule has 1 heterocycles. The average Bonchev–Trinajstić information content (AvgIpc) is 2.63. The van der Waals surface area contributed by atoms with Crippen molar-refractivity contribution < 1.29 is 27.2 Å². The Labute approximate surface area is 168 Å². The van der Waals surface area contributed by atoms with Crippen molar-refractivity contribution in [1.29, 1.82) is 0 Å². The molecular formula is C19H16ClF4N3O2. The second-order valence-electron chi connectivity index (χ2n) is 6.22. The first kappa shape index (κ1) is 22.4. The molecule has 1 aromatic heterocycles. The van der Waals surface area contributed by atoms with Crippen LogP contribution in [0.15, 0.2) is 41.6 Å². The summed E-state index contributed by atoms with van der Waals surface area (Å²) < 4.78 is 53.0. The van der Waals surface area contributed by atoms with E-state index in [9.17, 15) is 27.2 Å². The number of carbonyl (C=O) groups is 2. The van der Waals surface area contributed by atoms with Gasteiger partial charge in [-0.1, -0.05) is 23.8 Å². The maximum Gasteiger partial charge on any atom is 0.417 e. The summed E-state index contributed by atoms with van der Waals surface area (Å²) in [7, 11) is 1.32. The van der Waals surface area contributed by atoms with E-state index in [-0.39, 0.29) is 32.8 Å². The van der Waals surface area contributed by atoms with Crippen LogP contribution in [0.2, 0.25) is 5.02 Å². The van der Waals surface area contributed by atoms with Gasteiger partial charge in [0.2, 0.25) is 0 Å². The number of carbonyl (C=O) groups excluding carboxylic acids is 2. The van der Waals surface area contributed by atoms with Gasteiger partial charge in [-0.05, 0) is 26.0 Å². The number of nitrogens with one attached hydrogen (secondary N) is 2. The summed E-state index contributed by atoms with van der Waals surface area (Å²) in [5.41, 5.74) is -2.08. The summed E-state index contributed by atoms with van der Waals surface area (Å²) in [6.07, 6.45) is -4.76. The first-order chi connectivity index (χ1) is 13.4. The minimum Gasteiger partial charge on any atom is -0.354 e. The third-order valence-electron chi connectivity index (χ3n) is 3.94. The summed E-state index contributed by atoms with van der Waals surface area (Å²) >= 11 is 5.77. The highest BCUT2D eigenvalue weighted by Crippen LogP contribution is 2.31. The Hall–Kier alpha value is -2.94. The quantitative estimate of drug-likeness (QED) is 0.554. The molecule has 10 heteroatoms. The van der Waals surface area contributed by atoms with Crippen molar-refractivity contribution in [2.75, 3.05) is 7.05 Å². The summed E-state index contributed by atoms with van der Waals surface area (Å²) in [6, 6.07) is 3.13. The van der Waals surface area contributed by atoms with Crippen LogP contribution in [0.1, 0.15) is 34.7 Å². The van der Waals surface area contributed by atoms with E-state index < -0.39 is 35.1 Å². The molecule has 0 unspecified atom stereocenters. The van der Waals surface area contributed by atoms with Gasteiger partial charge in [0, 0.05) is 18.5 Å². The van der Waals surface area contributed by atoms with E-state index in [1.807, 2.05) is 0 Å². The number of fused-ring (bicyclic) bond motifs is 1. The van der Waals surface area contributed by atoms with Crippen LogP contribution >= 0.6 is 11.6 Å². The zero-order valence-electron chi connectivity index (χ0n) is 15.6. The molecule has 0 saturated heterocycles. The van der Waals surface area contributed by atoms with Crippen LogP contribution in [0, 0.1) is 5.82 Å². The zero-order valence-corrected chi connectivity index (χ0v) is 16.3. The molecular weight excluding hydrogens is 414 g/mol. The van der Waals surface area contributed by atoms with Gasteiger partial charge in [-0.3, -0.25) is 9.59 Å². The van der Waals surface area contributed by atoms with Gasteiger partial charge in [-0.25, -0.2) is 9.37 Å². The molecule has 0 bridgehead atoms. The topological polar surface area (TPSA) is 71.1 Å². The molecule has 0 atom stereocenters. The van der Waals surface area contributed by atoms with E-state index in [1.165, 1.54) is 20.9 Å². The van der Waals surface area contributed by atoms with Gasteiger partial charge in [-0.15, -0.1) is 0 Å². The van der Waals surface area contributed by atoms with Crippen molar-refractivity contribution in [3.05, 3.63) is 63.7 Å². The Bertz CT molecular complexity index is 1060. The first-order valence-electron chi connectivity index (χ1n) is 8.14. The number of hydrogen-bond donors (Lipinski definition) is 2. The second-order valence-corrected chi connectivity index (χ2v) is 6.63. The number of pyridine rings is 1. The van der Waals surface area contributed by atoms with Gasteiger partial charge in [0.1, 0.15) is 11.5 Å². The van der Waals surface area contributed by atoms with Crippen LogP contribution in [0.25, 0.3) is 10.9 Å².